The number of aromatic nitrogens is 2. The van der Waals surface area contributed by atoms with Crippen molar-refractivity contribution in [3.63, 3.8) is 0 Å². The van der Waals surface area contributed by atoms with Crippen LogP contribution in [0.4, 0.5) is 20.7 Å². The van der Waals surface area contributed by atoms with E-state index < -0.39 is 0 Å². The minimum absolute atomic E-state index is 0.0186. The maximum absolute atomic E-state index is 13.7. The fraction of sp³-hybridized carbons (Fsp3) is 0.604. The van der Waals surface area contributed by atoms with E-state index >= 15 is 0 Å². The van der Waals surface area contributed by atoms with E-state index in [4.69, 9.17) is 9.47 Å². The summed E-state index contributed by atoms with van der Waals surface area (Å²) >= 11 is 1.89. The molecule has 4 atom stereocenters. The number of halogens is 1. The first-order chi connectivity index (χ1) is 31.1. The van der Waals surface area contributed by atoms with Gasteiger partial charge in [-0.25, -0.2) is 9.18 Å². The number of aromatic amines is 1. The van der Waals surface area contributed by atoms with E-state index in [0.29, 0.717) is 106 Å². The second kappa shape index (κ2) is 26.7. The summed E-state index contributed by atoms with van der Waals surface area (Å²) in [5.41, 5.74) is 4.53. The zero-order valence-corrected chi connectivity index (χ0v) is 39.1. The fourth-order valence-electron chi connectivity index (χ4n) is 8.06. The predicted molar refractivity (Wildman–Crippen MR) is 253 cm³/mol. The smallest absolute Gasteiger partial charge is 0.315 e. The molecule has 7 N–H and O–H groups in total. The second-order valence-corrected chi connectivity index (χ2v) is 18.4. The molecule has 6 rings (SSSR count). The van der Waals surface area contributed by atoms with Gasteiger partial charge in [0.15, 0.2) is 17.3 Å². The molecule has 2 fully saturated rings. The molecule has 5 amide bonds. The van der Waals surface area contributed by atoms with Gasteiger partial charge in [0.05, 0.1) is 31.5 Å². The first kappa shape index (κ1) is 50.0. The Balaban J connectivity index is 0.000000878. The van der Waals surface area contributed by atoms with Gasteiger partial charge in [0.2, 0.25) is 17.7 Å². The summed E-state index contributed by atoms with van der Waals surface area (Å²) in [5.74, 6) is 3.43. The van der Waals surface area contributed by atoms with Crippen LogP contribution >= 0.6 is 11.8 Å². The van der Waals surface area contributed by atoms with Gasteiger partial charge in [-0.15, -0.1) is 0 Å². The van der Waals surface area contributed by atoms with Crippen LogP contribution in [0.25, 0.3) is 11.3 Å². The van der Waals surface area contributed by atoms with Crippen molar-refractivity contribution in [1.82, 2.24) is 36.8 Å². The maximum Gasteiger partial charge on any atom is 0.315 e. The Morgan fingerprint density at radius 3 is 2.22 bits per heavy atom. The number of methoxy groups -OCH3 is 1. The molecule has 4 unspecified atom stereocenters. The van der Waals surface area contributed by atoms with Gasteiger partial charge in [0.25, 0.3) is 0 Å². The monoisotopic (exact) mass is 907 g/mol. The van der Waals surface area contributed by atoms with Crippen molar-refractivity contribution < 1.29 is 33.0 Å². The van der Waals surface area contributed by atoms with Crippen molar-refractivity contribution in [2.24, 2.45) is 5.92 Å². The number of H-pyrrole nitrogens is 1. The molecule has 0 radical (unpaired) electrons. The molecule has 14 nitrogen and oxygen atoms in total. The van der Waals surface area contributed by atoms with E-state index in [1.165, 1.54) is 37.8 Å². The third-order valence-electron chi connectivity index (χ3n) is 12.0. The van der Waals surface area contributed by atoms with Crippen LogP contribution in [0.3, 0.4) is 0 Å². The standard InChI is InChI=1S/C40H53FN8O6S.C8H18/c1-54-31-23-28-25(20-29-37(28)48-49-39(29)45-27-11-8-10-26(41)22-27)21-32(31)55-19-9-18-44-36(52)15-5-7-17-43-35(51)14-4-6-16-42-34(50)13-3-2-12-33-38-30(24-56-33)46-40(53)47-38;1-4-6-7-8(3)5-2/h8,10-11,21-23,30,33,38H,2-7,9,12-20,24H2,1H3,(H,42,50)(H,43,51)(H,44,52)(H2,45,48,49)(H2,46,47,53);8H,4-7H2,1-3H3. The van der Waals surface area contributed by atoms with Crippen LogP contribution in [-0.2, 0) is 20.8 Å². The highest BCUT2D eigenvalue weighted by Crippen LogP contribution is 2.44. The van der Waals surface area contributed by atoms with Crippen molar-refractivity contribution in [3.05, 3.63) is 53.3 Å². The SMILES string of the molecule is CCCCC(C)CC.COc1cc2c(cc1OCCCNC(=O)CCCCNC(=O)CCCCNC(=O)CCCCC1SCC3NC(=O)NC31)Cc1c(Nc3cccc(F)c3)n[nH]c1-2. The number of unbranched alkanes of at least 4 members (excludes halogenated alkanes) is 4. The van der Waals surface area contributed by atoms with E-state index in [9.17, 15) is 23.6 Å². The van der Waals surface area contributed by atoms with Crippen molar-refractivity contribution in [1.29, 1.82) is 0 Å². The van der Waals surface area contributed by atoms with E-state index in [1.807, 2.05) is 23.9 Å². The largest absolute Gasteiger partial charge is 0.493 e. The third-order valence-corrected chi connectivity index (χ3v) is 13.5. The lowest BCUT2D eigenvalue weighted by molar-refractivity contribution is -0.122. The molecular weight excluding hydrogens is 836 g/mol. The van der Waals surface area contributed by atoms with E-state index in [2.05, 4.69) is 62.9 Å². The predicted octanol–water partition coefficient (Wildman–Crippen LogP) is 8.28. The summed E-state index contributed by atoms with van der Waals surface area (Å²) < 4.78 is 25.3. The number of amides is 5. The van der Waals surface area contributed by atoms with Crippen molar-refractivity contribution in [2.45, 2.75) is 141 Å². The number of hydrogen-bond donors (Lipinski definition) is 7. The summed E-state index contributed by atoms with van der Waals surface area (Å²) in [6.45, 7) is 8.81. The number of nitrogens with zero attached hydrogens (tertiary/aromatic N) is 1. The Labute approximate surface area is 382 Å². The van der Waals surface area contributed by atoms with Crippen LogP contribution in [-0.4, -0.2) is 90.4 Å². The van der Waals surface area contributed by atoms with Gasteiger partial charge in [0, 0.05) is 73.1 Å². The Hall–Kier alpha value is -4.99. The average Bonchev–Trinajstić information content (AvgIpc) is 4.05. The number of anilines is 2. The number of hydrogen-bond acceptors (Lipinski definition) is 9. The first-order valence-corrected chi connectivity index (χ1v) is 24.6. The molecule has 1 aromatic heterocycles. The molecule has 0 spiro atoms. The van der Waals surface area contributed by atoms with Crippen LogP contribution in [0.1, 0.15) is 128 Å². The molecule has 1 aliphatic carbocycles. The van der Waals surface area contributed by atoms with Crippen LogP contribution in [0.5, 0.6) is 11.5 Å². The summed E-state index contributed by atoms with van der Waals surface area (Å²) in [7, 11) is 1.59. The molecule has 352 valence electrons. The number of nitrogens with one attached hydrogen (secondary N) is 7. The van der Waals surface area contributed by atoms with Gasteiger partial charge in [-0.2, -0.15) is 16.9 Å². The minimum atomic E-state index is -0.324. The van der Waals surface area contributed by atoms with Gasteiger partial charge >= 0.3 is 6.03 Å². The Morgan fingerprint density at radius 2 is 1.56 bits per heavy atom. The topological polar surface area (TPSA) is 188 Å². The van der Waals surface area contributed by atoms with Crippen LogP contribution in [0, 0.1) is 11.7 Å². The molecule has 2 aromatic carbocycles. The molecule has 0 saturated carbocycles. The molecule has 3 aromatic rings. The molecule has 3 heterocycles. The number of carbonyl (C=O) groups is 4. The number of thioether (sulfide) groups is 1. The molecule has 2 aliphatic heterocycles. The van der Waals surface area contributed by atoms with Gasteiger partial charge in [-0.3, -0.25) is 19.5 Å². The van der Waals surface area contributed by atoms with E-state index in [-0.39, 0.29) is 41.7 Å². The summed E-state index contributed by atoms with van der Waals surface area (Å²) in [6.07, 6.45) is 13.7. The van der Waals surface area contributed by atoms with Crippen molar-refractivity contribution in [3.8, 4) is 22.8 Å². The van der Waals surface area contributed by atoms with Gasteiger partial charge in [-0.1, -0.05) is 58.9 Å². The lowest BCUT2D eigenvalue weighted by Gasteiger charge is -2.16. The lowest BCUT2D eigenvalue weighted by atomic mass is 10.0. The molecule has 3 aliphatic rings. The Kier molecular flexibility index (Phi) is 20.9. The van der Waals surface area contributed by atoms with Gasteiger partial charge < -0.3 is 41.4 Å². The molecule has 64 heavy (non-hydrogen) atoms. The third kappa shape index (κ3) is 15.9. The van der Waals surface area contributed by atoms with Gasteiger partial charge in [-0.05, 0) is 86.8 Å². The minimum Gasteiger partial charge on any atom is -0.493 e. The first-order valence-electron chi connectivity index (χ1n) is 23.5. The number of rotatable bonds is 27. The molecular formula is C48H71FN8O6S. The van der Waals surface area contributed by atoms with E-state index in [1.54, 1.807) is 19.2 Å². The number of ether oxygens (including phenoxy) is 2. The van der Waals surface area contributed by atoms with Crippen LogP contribution < -0.4 is 41.4 Å². The quantitative estimate of drug-likeness (QED) is 0.0228. The number of carbonyl (C=O) groups excluding carboxylic acids is 4. The van der Waals surface area contributed by atoms with Crippen molar-refractivity contribution >= 4 is 47.0 Å². The Bertz CT molecular complexity index is 1960. The van der Waals surface area contributed by atoms with Gasteiger partial charge in [0.1, 0.15) is 5.82 Å². The lowest BCUT2D eigenvalue weighted by Crippen LogP contribution is -2.36. The average molecular weight is 907 g/mol. The normalized spacial score (nSPS) is 17.1. The zero-order valence-electron chi connectivity index (χ0n) is 38.3. The maximum atomic E-state index is 13.7. The highest BCUT2D eigenvalue weighted by molar-refractivity contribution is 8.00. The van der Waals surface area contributed by atoms with Crippen LogP contribution in [0.15, 0.2) is 36.4 Å². The summed E-state index contributed by atoms with van der Waals surface area (Å²) in [4.78, 5) is 48.2. The van der Waals surface area contributed by atoms with E-state index in [0.717, 1.165) is 59.7 Å². The second-order valence-electron chi connectivity index (χ2n) is 17.1. The number of urea groups is 1. The zero-order chi connectivity index (χ0) is 45.7. The number of fused-ring (bicyclic) bond motifs is 4. The molecule has 0 bridgehead atoms. The van der Waals surface area contributed by atoms with Crippen molar-refractivity contribution in [2.75, 3.05) is 44.4 Å². The highest BCUT2D eigenvalue weighted by Gasteiger charge is 2.42. The fourth-order valence-corrected chi connectivity index (χ4v) is 9.61. The van der Waals surface area contributed by atoms with Crippen LogP contribution in [0.2, 0.25) is 0 Å². The number of benzene rings is 2. The summed E-state index contributed by atoms with van der Waals surface area (Å²) in [6, 6.07) is 10.5. The highest BCUT2D eigenvalue weighted by atomic mass is 32.2. The summed E-state index contributed by atoms with van der Waals surface area (Å²) in [5, 5.41) is 25.9. The Morgan fingerprint density at radius 1 is 0.875 bits per heavy atom. The molecule has 16 heteroatoms. The molecule has 2 saturated heterocycles.